The molecule has 0 fully saturated rings. The maximum atomic E-state index is 12.9. The quantitative estimate of drug-likeness (QED) is 0.521. The van der Waals surface area contributed by atoms with Gasteiger partial charge in [-0.25, -0.2) is 0 Å². The number of thiophene rings is 1. The van der Waals surface area contributed by atoms with Crippen molar-refractivity contribution >= 4 is 31.3 Å². The van der Waals surface area contributed by atoms with Gasteiger partial charge in [-0.15, -0.1) is 11.3 Å². The second-order valence-corrected chi connectivity index (χ2v) is 8.56. The number of amides is 1. The van der Waals surface area contributed by atoms with Gasteiger partial charge in [0, 0.05) is 30.1 Å². The molecule has 1 aliphatic rings. The van der Waals surface area contributed by atoms with E-state index in [0.29, 0.717) is 19.5 Å². The summed E-state index contributed by atoms with van der Waals surface area (Å²) in [7, 11) is 5.50. The first-order valence-corrected chi connectivity index (χ1v) is 11.0. The molecule has 7 heteroatoms. The van der Waals surface area contributed by atoms with E-state index < -0.39 is 0 Å². The van der Waals surface area contributed by atoms with Crippen LogP contribution in [0.4, 0.5) is 0 Å². The Morgan fingerprint density at radius 3 is 2.97 bits per heavy atom. The summed E-state index contributed by atoms with van der Waals surface area (Å²) in [5.74, 6) is -0.0330. The molecule has 152 valence electrons. The molecule has 2 heterocycles. The fraction of sp³-hybridized carbons (Fsp3) is 0.455. The van der Waals surface area contributed by atoms with E-state index in [1.165, 1.54) is 16.0 Å². The van der Waals surface area contributed by atoms with E-state index in [0.717, 1.165) is 30.7 Å². The molecule has 0 saturated heterocycles. The second kappa shape index (κ2) is 10.7. The van der Waals surface area contributed by atoms with Gasteiger partial charge in [0.05, 0.1) is 19.4 Å². The van der Waals surface area contributed by atoms with Crippen molar-refractivity contribution in [1.29, 1.82) is 0 Å². The number of carbonyl (C=O) groups is 1. The topological polar surface area (TPSA) is 70.7 Å². The number of rotatable bonds is 8. The molecule has 1 aliphatic heterocycles. The minimum Gasteiger partial charge on any atom is -0.347 e. The normalized spacial score (nSPS) is 18.3. The molecule has 1 amide bonds. The number of aryl methyl sites for hydroxylation is 1. The highest BCUT2D eigenvalue weighted by Crippen LogP contribution is 2.34. The van der Waals surface area contributed by atoms with Crippen LogP contribution in [-0.2, 0) is 12.8 Å². The molecule has 3 N–H and O–H groups in total. The minimum atomic E-state index is -0.0775. The van der Waals surface area contributed by atoms with Gasteiger partial charge in [0.1, 0.15) is 0 Å². The van der Waals surface area contributed by atoms with Crippen molar-refractivity contribution in [2.24, 2.45) is 10.7 Å². The van der Waals surface area contributed by atoms with Crippen LogP contribution < -0.4 is 11.1 Å². The van der Waals surface area contributed by atoms with Crippen molar-refractivity contribution in [2.75, 3.05) is 19.8 Å². The Morgan fingerprint density at radius 2 is 2.24 bits per heavy atom. The molecule has 1 aromatic heterocycles. The first-order chi connectivity index (χ1) is 14.1. The standard InChI is InChI=1S/C22H29BN4OS/c1-16-19-13-21(29-20(19)8-5-11-27(16)15-25-10-9-23)22(28)26-18(14-24)12-17-6-3-2-4-7-17/h2-4,6-7,10,13,16,18H,5,8-9,11-12,14-15,24H2,1H3,(H,26,28). The molecule has 29 heavy (non-hydrogen) atoms. The summed E-state index contributed by atoms with van der Waals surface area (Å²) in [5.41, 5.74) is 8.34. The minimum absolute atomic E-state index is 0.0330. The van der Waals surface area contributed by atoms with E-state index in [2.05, 4.69) is 40.3 Å². The van der Waals surface area contributed by atoms with Crippen molar-refractivity contribution in [3.8, 4) is 0 Å². The van der Waals surface area contributed by atoms with Crippen LogP contribution in [0.5, 0.6) is 0 Å². The molecule has 2 aromatic rings. The van der Waals surface area contributed by atoms with Gasteiger partial charge >= 0.3 is 0 Å². The third-order valence-corrected chi connectivity index (χ3v) is 6.56. The highest BCUT2D eigenvalue weighted by Gasteiger charge is 2.26. The molecule has 0 saturated carbocycles. The Hall–Kier alpha value is -1.96. The predicted molar refractivity (Wildman–Crippen MR) is 122 cm³/mol. The van der Waals surface area contributed by atoms with E-state index in [4.69, 9.17) is 13.6 Å². The average molecular weight is 408 g/mol. The third kappa shape index (κ3) is 5.78. The number of hydrogen-bond donors (Lipinski definition) is 2. The monoisotopic (exact) mass is 408 g/mol. The van der Waals surface area contributed by atoms with Crippen LogP contribution in [0.3, 0.4) is 0 Å². The highest BCUT2D eigenvalue weighted by atomic mass is 32.1. The molecule has 2 atom stereocenters. The molecule has 2 unspecified atom stereocenters. The summed E-state index contributed by atoms with van der Waals surface area (Å²) < 4.78 is 0. The maximum absolute atomic E-state index is 12.9. The van der Waals surface area contributed by atoms with Crippen molar-refractivity contribution < 1.29 is 4.79 Å². The number of aliphatic imine (C=N–C) groups is 1. The fourth-order valence-corrected chi connectivity index (χ4v) is 4.91. The average Bonchev–Trinajstić information content (AvgIpc) is 3.11. The lowest BCUT2D eigenvalue weighted by molar-refractivity contribution is 0.0942. The number of fused-ring (bicyclic) bond motifs is 1. The van der Waals surface area contributed by atoms with Crippen molar-refractivity contribution in [2.45, 2.75) is 44.6 Å². The van der Waals surface area contributed by atoms with Crippen LogP contribution in [-0.4, -0.2) is 50.7 Å². The Balaban J connectivity index is 1.68. The van der Waals surface area contributed by atoms with Gasteiger partial charge in [0.15, 0.2) is 0 Å². The van der Waals surface area contributed by atoms with E-state index in [1.54, 1.807) is 17.6 Å². The van der Waals surface area contributed by atoms with Crippen LogP contribution in [0, 0.1) is 0 Å². The summed E-state index contributed by atoms with van der Waals surface area (Å²) >= 11 is 1.61. The summed E-state index contributed by atoms with van der Waals surface area (Å²) in [5, 5.41) is 3.12. The molecule has 5 nitrogen and oxygen atoms in total. The number of nitrogens with two attached hydrogens (primary N) is 1. The Labute approximate surface area is 178 Å². The lowest BCUT2D eigenvalue weighted by atomic mass is 10.1. The van der Waals surface area contributed by atoms with Gasteiger partial charge in [-0.05, 0) is 49.6 Å². The maximum Gasteiger partial charge on any atom is 0.261 e. The van der Waals surface area contributed by atoms with Crippen LogP contribution in [0.1, 0.15) is 45.1 Å². The van der Waals surface area contributed by atoms with E-state index in [1.807, 2.05) is 18.2 Å². The van der Waals surface area contributed by atoms with E-state index >= 15 is 0 Å². The van der Waals surface area contributed by atoms with Gasteiger partial charge in [0.2, 0.25) is 0 Å². The van der Waals surface area contributed by atoms with E-state index in [-0.39, 0.29) is 18.0 Å². The fourth-order valence-electron chi connectivity index (χ4n) is 3.72. The summed E-state index contributed by atoms with van der Waals surface area (Å²) in [6, 6.07) is 12.3. The molecule has 0 spiro atoms. The lowest BCUT2D eigenvalue weighted by Crippen LogP contribution is -2.41. The Bertz CT molecular complexity index is 823. The number of carbonyl (C=O) groups excluding carboxylic acids is 1. The van der Waals surface area contributed by atoms with Crippen LogP contribution in [0.25, 0.3) is 0 Å². The third-order valence-electron chi connectivity index (χ3n) is 5.35. The largest absolute Gasteiger partial charge is 0.347 e. The van der Waals surface area contributed by atoms with Crippen LogP contribution in [0.15, 0.2) is 41.4 Å². The van der Waals surface area contributed by atoms with Crippen molar-refractivity contribution in [3.05, 3.63) is 57.3 Å². The number of benzene rings is 1. The van der Waals surface area contributed by atoms with Gasteiger partial charge < -0.3 is 11.1 Å². The summed E-state index contributed by atoms with van der Waals surface area (Å²) in [6.07, 6.45) is 5.01. The van der Waals surface area contributed by atoms with Crippen LogP contribution in [0.2, 0.25) is 6.32 Å². The first kappa shape index (κ1) is 21.7. The van der Waals surface area contributed by atoms with Gasteiger partial charge in [-0.1, -0.05) is 36.7 Å². The van der Waals surface area contributed by atoms with Gasteiger partial charge in [0.25, 0.3) is 5.91 Å². The molecule has 2 radical (unpaired) electrons. The summed E-state index contributed by atoms with van der Waals surface area (Å²) in [6.45, 7) is 4.24. The van der Waals surface area contributed by atoms with Gasteiger partial charge in [-0.3, -0.25) is 14.7 Å². The SMILES string of the molecule is [B]CC=NCN1CCCc2sc(C(=O)NC(CN)Cc3ccccc3)cc2C1C. The smallest absolute Gasteiger partial charge is 0.261 e. The molecule has 1 aromatic carbocycles. The van der Waals surface area contributed by atoms with E-state index in [9.17, 15) is 4.79 Å². The molecular weight excluding hydrogens is 379 g/mol. The predicted octanol–water partition coefficient (Wildman–Crippen LogP) is 2.97. The van der Waals surface area contributed by atoms with Crippen molar-refractivity contribution in [3.63, 3.8) is 0 Å². The van der Waals surface area contributed by atoms with Crippen LogP contribution >= 0.6 is 11.3 Å². The second-order valence-electron chi connectivity index (χ2n) is 7.42. The Morgan fingerprint density at radius 1 is 1.45 bits per heavy atom. The number of nitrogens with zero attached hydrogens (tertiary/aromatic N) is 2. The summed E-state index contributed by atoms with van der Waals surface area (Å²) in [4.78, 5) is 21.7. The molecule has 0 aliphatic carbocycles. The molecule has 0 bridgehead atoms. The zero-order chi connectivity index (χ0) is 20.6. The highest BCUT2D eigenvalue weighted by molar-refractivity contribution is 7.14. The number of hydrogen-bond acceptors (Lipinski definition) is 5. The first-order valence-electron chi connectivity index (χ1n) is 10.2. The lowest BCUT2D eigenvalue weighted by Gasteiger charge is -2.25. The molecule has 3 rings (SSSR count). The Kier molecular flexibility index (Phi) is 8.04. The molecular formula is C22H29BN4OS. The van der Waals surface area contributed by atoms with Crippen molar-refractivity contribution in [1.82, 2.24) is 10.2 Å². The zero-order valence-electron chi connectivity index (χ0n) is 17.0. The van der Waals surface area contributed by atoms with Gasteiger partial charge in [-0.2, -0.15) is 0 Å². The zero-order valence-corrected chi connectivity index (χ0v) is 17.8. The number of nitrogens with one attached hydrogen (secondary N) is 1.